The Bertz CT molecular complexity index is 334. The number of rotatable bonds is 4. The average molecular weight is 257 g/mol. The van der Waals surface area contributed by atoms with Crippen LogP contribution in [0.4, 0.5) is 0 Å². The van der Waals surface area contributed by atoms with Gasteiger partial charge in [0.1, 0.15) is 11.5 Å². The van der Waals surface area contributed by atoms with Crippen LogP contribution in [0.2, 0.25) is 0 Å². The highest BCUT2D eigenvalue weighted by Crippen LogP contribution is 2.20. The molecule has 14 heavy (non-hydrogen) atoms. The van der Waals surface area contributed by atoms with Gasteiger partial charge in [-0.1, -0.05) is 22.0 Å². The van der Waals surface area contributed by atoms with Crippen LogP contribution in [0.3, 0.4) is 0 Å². The number of ketones is 1. The predicted octanol–water partition coefficient (Wildman–Crippen LogP) is 2.72. The van der Waals surface area contributed by atoms with Crippen molar-refractivity contribution in [2.75, 3.05) is 7.11 Å². The lowest BCUT2D eigenvalue weighted by Gasteiger charge is -2.07. The van der Waals surface area contributed by atoms with Crippen LogP contribution in [0.1, 0.15) is 18.1 Å². The Balaban J connectivity index is 3.01. The van der Waals surface area contributed by atoms with Gasteiger partial charge in [-0.2, -0.15) is 0 Å². The fraction of sp³-hybridized carbons (Fsp3) is 0.364. The van der Waals surface area contributed by atoms with Crippen molar-refractivity contribution in [2.24, 2.45) is 0 Å². The summed E-state index contributed by atoms with van der Waals surface area (Å²) in [5.74, 6) is 0.964. The van der Waals surface area contributed by atoms with Gasteiger partial charge in [-0.3, -0.25) is 4.79 Å². The van der Waals surface area contributed by atoms with E-state index in [1.54, 1.807) is 14.0 Å². The first-order valence-electron chi connectivity index (χ1n) is 4.38. The molecule has 0 aromatic heterocycles. The first kappa shape index (κ1) is 11.2. The third-order valence-corrected chi connectivity index (χ3v) is 2.60. The molecule has 1 aromatic carbocycles. The maximum atomic E-state index is 11.0. The van der Waals surface area contributed by atoms with Gasteiger partial charge in [0, 0.05) is 11.8 Å². The summed E-state index contributed by atoms with van der Waals surface area (Å²) in [4.78, 5) is 11.0. The number of carbonyl (C=O) groups is 1. The standard InChI is InChI=1S/C11H13BrO2/c1-8(13)5-10-6-11(14-2)4-3-9(10)7-12/h3-4,6H,5,7H2,1-2H3. The average Bonchev–Trinajstić information content (AvgIpc) is 2.16. The van der Waals surface area contributed by atoms with E-state index in [4.69, 9.17) is 4.74 Å². The zero-order chi connectivity index (χ0) is 10.6. The van der Waals surface area contributed by atoms with E-state index in [2.05, 4.69) is 15.9 Å². The Kier molecular flexibility index (Phi) is 4.14. The number of carbonyl (C=O) groups excluding carboxylic acids is 1. The molecular weight excluding hydrogens is 244 g/mol. The van der Waals surface area contributed by atoms with Gasteiger partial charge in [-0.05, 0) is 30.2 Å². The highest BCUT2D eigenvalue weighted by Gasteiger charge is 2.05. The summed E-state index contributed by atoms with van der Waals surface area (Å²) in [6, 6.07) is 5.80. The number of ether oxygens (including phenoxy) is 1. The van der Waals surface area contributed by atoms with Gasteiger partial charge in [-0.25, -0.2) is 0 Å². The molecule has 3 heteroatoms. The molecule has 0 heterocycles. The van der Waals surface area contributed by atoms with Crippen LogP contribution in [0.25, 0.3) is 0 Å². The third kappa shape index (κ3) is 2.84. The largest absolute Gasteiger partial charge is 0.497 e. The molecule has 0 spiro atoms. The van der Waals surface area contributed by atoms with Crippen molar-refractivity contribution >= 4 is 21.7 Å². The van der Waals surface area contributed by atoms with Crippen molar-refractivity contribution in [1.82, 2.24) is 0 Å². The second-order valence-corrected chi connectivity index (χ2v) is 3.71. The fourth-order valence-electron chi connectivity index (χ4n) is 1.29. The van der Waals surface area contributed by atoms with E-state index >= 15 is 0 Å². The van der Waals surface area contributed by atoms with E-state index in [0.29, 0.717) is 6.42 Å². The van der Waals surface area contributed by atoms with Crippen molar-refractivity contribution in [1.29, 1.82) is 0 Å². The Morgan fingerprint density at radius 2 is 2.14 bits per heavy atom. The van der Waals surface area contributed by atoms with Crippen molar-refractivity contribution in [3.63, 3.8) is 0 Å². The van der Waals surface area contributed by atoms with Gasteiger partial charge < -0.3 is 4.74 Å². The van der Waals surface area contributed by atoms with E-state index < -0.39 is 0 Å². The molecule has 0 N–H and O–H groups in total. The van der Waals surface area contributed by atoms with E-state index in [9.17, 15) is 4.79 Å². The first-order chi connectivity index (χ1) is 6.67. The lowest BCUT2D eigenvalue weighted by atomic mass is 10.0. The van der Waals surface area contributed by atoms with Crippen LogP contribution < -0.4 is 4.74 Å². The third-order valence-electron chi connectivity index (χ3n) is 2.00. The quantitative estimate of drug-likeness (QED) is 0.775. The highest BCUT2D eigenvalue weighted by atomic mass is 79.9. The molecule has 0 aliphatic rings. The minimum atomic E-state index is 0.167. The zero-order valence-corrected chi connectivity index (χ0v) is 9.93. The van der Waals surface area contributed by atoms with Gasteiger partial charge in [0.15, 0.2) is 0 Å². The molecule has 0 bridgehead atoms. The maximum Gasteiger partial charge on any atom is 0.134 e. The number of Topliss-reactive ketones (excluding diaryl/α,β-unsaturated/α-hetero) is 1. The van der Waals surface area contributed by atoms with Crippen molar-refractivity contribution in [3.05, 3.63) is 29.3 Å². The number of methoxy groups -OCH3 is 1. The first-order valence-corrected chi connectivity index (χ1v) is 5.50. The second kappa shape index (κ2) is 5.15. The molecule has 0 aliphatic carbocycles. The Morgan fingerprint density at radius 3 is 2.64 bits per heavy atom. The zero-order valence-electron chi connectivity index (χ0n) is 8.34. The smallest absolute Gasteiger partial charge is 0.134 e. The summed E-state index contributed by atoms with van der Waals surface area (Å²) in [6.07, 6.45) is 0.470. The summed E-state index contributed by atoms with van der Waals surface area (Å²) < 4.78 is 5.11. The van der Waals surface area contributed by atoms with Gasteiger partial charge in [0.2, 0.25) is 0 Å². The number of hydrogen-bond acceptors (Lipinski definition) is 2. The van der Waals surface area contributed by atoms with Gasteiger partial charge in [0.05, 0.1) is 7.11 Å². The molecule has 1 rings (SSSR count). The number of halogens is 1. The van der Waals surface area contributed by atoms with Crippen LogP contribution in [-0.2, 0) is 16.5 Å². The number of alkyl halides is 1. The minimum Gasteiger partial charge on any atom is -0.497 e. The molecule has 0 amide bonds. The summed E-state index contributed by atoms with van der Waals surface area (Å²) in [7, 11) is 1.63. The Labute approximate surface area is 92.4 Å². The molecule has 0 saturated heterocycles. The van der Waals surface area contributed by atoms with Crippen LogP contribution >= 0.6 is 15.9 Å². The molecule has 0 saturated carbocycles. The second-order valence-electron chi connectivity index (χ2n) is 3.15. The van der Waals surface area contributed by atoms with E-state index in [1.807, 2.05) is 18.2 Å². The van der Waals surface area contributed by atoms with Crippen molar-refractivity contribution < 1.29 is 9.53 Å². The van der Waals surface area contributed by atoms with Crippen molar-refractivity contribution in [3.8, 4) is 5.75 Å². The van der Waals surface area contributed by atoms with Gasteiger partial charge >= 0.3 is 0 Å². The molecule has 0 fully saturated rings. The highest BCUT2D eigenvalue weighted by molar-refractivity contribution is 9.08. The summed E-state index contributed by atoms with van der Waals surface area (Å²) in [5, 5.41) is 0.763. The molecule has 0 unspecified atom stereocenters. The Morgan fingerprint density at radius 1 is 1.43 bits per heavy atom. The topological polar surface area (TPSA) is 26.3 Å². The lowest BCUT2D eigenvalue weighted by Crippen LogP contribution is -2.00. The van der Waals surface area contributed by atoms with Crippen LogP contribution in [-0.4, -0.2) is 12.9 Å². The molecular formula is C11H13BrO2. The molecule has 0 aliphatic heterocycles. The molecule has 76 valence electrons. The SMILES string of the molecule is COc1ccc(CBr)c(CC(C)=O)c1. The van der Waals surface area contributed by atoms with Gasteiger partial charge in [0.25, 0.3) is 0 Å². The van der Waals surface area contributed by atoms with Gasteiger partial charge in [-0.15, -0.1) is 0 Å². The fourth-order valence-corrected chi connectivity index (χ4v) is 1.84. The summed E-state index contributed by atoms with van der Waals surface area (Å²) >= 11 is 3.39. The van der Waals surface area contributed by atoms with E-state index in [0.717, 1.165) is 22.2 Å². The number of benzene rings is 1. The van der Waals surface area contributed by atoms with Crippen LogP contribution in [0.15, 0.2) is 18.2 Å². The van der Waals surface area contributed by atoms with Crippen molar-refractivity contribution in [2.45, 2.75) is 18.7 Å². The molecule has 2 nitrogen and oxygen atoms in total. The van der Waals surface area contributed by atoms with Crippen LogP contribution in [0, 0.1) is 0 Å². The summed E-state index contributed by atoms with van der Waals surface area (Å²) in [5.41, 5.74) is 2.18. The van der Waals surface area contributed by atoms with Crippen LogP contribution in [0.5, 0.6) is 5.75 Å². The Hall–Kier alpha value is -0.830. The molecule has 1 aromatic rings. The normalized spacial score (nSPS) is 9.93. The molecule has 0 radical (unpaired) electrons. The molecule has 0 atom stereocenters. The predicted molar refractivity (Wildman–Crippen MR) is 60.0 cm³/mol. The summed E-state index contributed by atoms with van der Waals surface area (Å²) in [6.45, 7) is 1.59. The lowest BCUT2D eigenvalue weighted by molar-refractivity contribution is -0.116. The minimum absolute atomic E-state index is 0.167. The number of hydrogen-bond donors (Lipinski definition) is 0. The maximum absolute atomic E-state index is 11.0. The monoisotopic (exact) mass is 256 g/mol. The van der Waals surface area contributed by atoms with E-state index in [1.165, 1.54) is 0 Å². The van der Waals surface area contributed by atoms with E-state index in [-0.39, 0.29) is 5.78 Å².